The molecule has 2 aliphatic rings. The average Bonchev–Trinajstić information content (AvgIpc) is 3.47. The number of anilines is 1. The van der Waals surface area contributed by atoms with E-state index in [2.05, 4.69) is 20.1 Å². The second-order valence-electron chi connectivity index (χ2n) is 10.7. The van der Waals surface area contributed by atoms with Crippen LogP contribution in [0.15, 0.2) is 82.8 Å². The van der Waals surface area contributed by atoms with E-state index in [0.717, 1.165) is 10.1 Å². The fraction of sp³-hybridized carbons (Fsp3) is 0.393. The molecule has 17 heteroatoms. The monoisotopic (exact) mass is 641 g/mol. The van der Waals surface area contributed by atoms with Crippen molar-refractivity contribution in [1.29, 1.82) is 0 Å². The van der Waals surface area contributed by atoms with E-state index in [9.17, 15) is 19.7 Å². The van der Waals surface area contributed by atoms with Gasteiger partial charge in [-0.3, -0.25) is 13.9 Å². The third-order valence-electron chi connectivity index (χ3n) is 6.86. The molecule has 2 saturated heterocycles. The number of nitrogens with two attached hydrogens (primary N) is 1. The molecular weight excluding hydrogens is 609 g/mol. The molecule has 0 spiro atoms. The van der Waals surface area contributed by atoms with Gasteiger partial charge in [-0.1, -0.05) is 53.6 Å². The molecule has 6 atom stereocenters. The predicted octanol–water partition coefficient (Wildman–Crippen LogP) is 3.81. The van der Waals surface area contributed by atoms with E-state index in [4.69, 9.17) is 33.7 Å². The lowest BCUT2D eigenvalue weighted by molar-refractivity contribution is -0.224. The Morgan fingerprint density at radius 3 is 2.51 bits per heavy atom. The van der Waals surface area contributed by atoms with Crippen molar-refractivity contribution in [2.24, 2.45) is 5.11 Å². The van der Waals surface area contributed by atoms with Crippen molar-refractivity contribution in [1.82, 2.24) is 14.6 Å². The Morgan fingerprint density at radius 1 is 1.16 bits per heavy atom. The van der Waals surface area contributed by atoms with Crippen LogP contribution in [0.5, 0.6) is 5.75 Å². The number of para-hydroxylation sites is 1. The summed E-state index contributed by atoms with van der Waals surface area (Å²) in [5.41, 5.74) is 13.2. The van der Waals surface area contributed by atoms with Crippen LogP contribution in [0.1, 0.15) is 32.6 Å². The van der Waals surface area contributed by atoms with Gasteiger partial charge >= 0.3 is 19.4 Å². The second kappa shape index (κ2) is 13.0. The Hall–Kier alpha value is -4.27. The second-order valence-corrected chi connectivity index (χ2v) is 12.4. The lowest BCUT2D eigenvalue weighted by Gasteiger charge is -2.32. The molecule has 0 radical (unpaired) electrons. The average molecular weight is 642 g/mol. The number of esters is 1. The first-order valence-corrected chi connectivity index (χ1v) is 15.4. The number of nitrogens with zero attached hydrogens (tertiary/aromatic N) is 5. The predicted molar refractivity (Wildman–Crippen MR) is 158 cm³/mol. The number of fused-ring (bicyclic) bond motifs is 1. The summed E-state index contributed by atoms with van der Waals surface area (Å²) in [6, 6.07) is 17.3. The van der Waals surface area contributed by atoms with Crippen LogP contribution in [-0.2, 0) is 39.4 Å². The summed E-state index contributed by atoms with van der Waals surface area (Å²) in [5, 5.41) is 6.44. The maximum absolute atomic E-state index is 14.2. The van der Waals surface area contributed by atoms with Crippen molar-refractivity contribution < 1.29 is 37.4 Å². The smallest absolute Gasteiger partial charge is 0.459 e. The number of carbonyl (C=O) groups excluding carboxylic acids is 1. The summed E-state index contributed by atoms with van der Waals surface area (Å²) in [5.74, 6) is -1.79. The van der Waals surface area contributed by atoms with Gasteiger partial charge in [0.25, 0.3) is 0 Å². The lowest BCUT2D eigenvalue weighted by Crippen LogP contribution is -2.46. The van der Waals surface area contributed by atoms with Crippen LogP contribution >= 0.6 is 7.75 Å². The Balaban J connectivity index is 1.41. The number of rotatable bonds is 12. The van der Waals surface area contributed by atoms with Crippen LogP contribution in [0.3, 0.4) is 0 Å². The normalized spacial score (nSPS) is 25.4. The summed E-state index contributed by atoms with van der Waals surface area (Å²) in [7, 11) is -4.45. The van der Waals surface area contributed by atoms with Gasteiger partial charge < -0.3 is 29.2 Å². The topological polar surface area (TPSA) is 211 Å². The first kappa shape index (κ1) is 32.1. The Labute approximate surface area is 257 Å². The molecule has 2 aliphatic heterocycles. The van der Waals surface area contributed by atoms with E-state index in [1.807, 2.05) is 6.07 Å². The molecule has 2 fully saturated rings. The van der Waals surface area contributed by atoms with Crippen molar-refractivity contribution >= 4 is 19.5 Å². The number of benzene rings is 2. The van der Waals surface area contributed by atoms with E-state index < -0.39 is 62.0 Å². The SMILES string of the molecule is C[C@H](NP(=O)(OC[C@@]1(N=[N+]=[N-])O[C@@H](n2ccc(N)nc2=O)[C@@H]2OC(C)(C)O[C@@H]21)Oc1ccccc1)C(=O)OCc1ccccc1. The minimum atomic E-state index is -4.45. The van der Waals surface area contributed by atoms with Gasteiger partial charge in [0.05, 0.1) is 6.61 Å². The van der Waals surface area contributed by atoms with Crippen molar-refractivity contribution in [3.63, 3.8) is 0 Å². The van der Waals surface area contributed by atoms with Crippen LogP contribution < -0.4 is 21.0 Å². The Morgan fingerprint density at radius 2 is 1.84 bits per heavy atom. The highest BCUT2D eigenvalue weighted by molar-refractivity contribution is 7.52. The summed E-state index contributed by atoms with van der Waals surface area (Å²) < 4.78 is 50.5. The van der Waals surface area contributed by atoms with Gasteiger partial charge in [0.1, 0.15) is 36.4 Å². The molecule has 0 saturated carbocycles. The molecule has 3 heterocycles. The van der Waals surface area contributed by atoms with Gasteiger partial charge in [-0.15, -0.1) is 0 Å². The van der Waals surface area contributed by atoms with Gasteiger partial charge in [0, 0.05) is 11.1 Å². The van der Waals surface area contributed by atoms with Crippen LogP contribution in [-0.4, -0.2) is 51.9 Å². The van der Waals surface area contributed by atoms with Crippen molar-refractivity contribution in [3.05, 3.63) is 99.4 Å². The lowest BCUT2D eigenvalue weighted by atomic mass is 10.1. The number of azide groups is 1. The molecule has 0 amide bonds. The number of nitrogens with one attached hydrogen (secondary N) is 1. The Kier molecular flexibility index (Phi) is 9.28. The maximum Gasteiger partial charge on any atom is 0.459 e. The zero-order valence-electron chi connectivity index (χ0n) is 24.6. The zero-order valence-corrected chi connectivity index (χ0v) is 25.5. The van der Waals surface area contributed by atoms with E-state index in [1.54, 1.807) is 56.3 Å². The Bertz CT molecular complexity index is 1670. The molecule has 3 aromatic rings. The molecule has 2 aromatic carbocycles. The van der Waals surface area contributed by atoms with Crippen molar-refractivity contribution in [2.45, 2.75) is 63.4 Å². The highest BCUT2D eigenvalue weighted by Crippen LogP contribution is 2.52. The van der Waals surface area contributed by atoms with E-state index >= 15 is 0 Å². The largest absolute Gasteiger partial charge is 0.460 e. The van der Waals surface area contributed by atoms with Crippen LogP contribution in [0.25, 0.3) is 10.4 Å². The molecule has 1 aromatic heterocycles. The van der Waals surface area contributed by atoms with E-state index in [1.165, 1.54) is 31.3 Å². The highest BCUT2D eigenvalue weighted by atomic mass is 31.2. The van der Waals surface area contributed by atoms with Gasteiger partial charge in [-0.2, -0.15) is 10.1 Å². The molecule has 3 N–H and O–H groups in total. The number of hydrogen-bond donors (Lipinski definition) is 2. The summed E-state index contributed by atoms with van der Waals surface area (Å²) in [6.07, 6.45) is -1.99. The molecule has 16 nitrogen and oxygen atoms in total. The standard InChI is InChI=1S/C28H32N7O9P/c1-18(25(36)39-16-19-10-6-4-7-11-19)32-45(38,44-20-12-8-5-9-13-20)40-17-28(33-34-30)23-22(41-27(2,3)42-23)24(43-28)35-15-14-21(29)31-26(35)37/h4-15,18,22-24H,16-17H2,1-3H3,(H,32,38)(H2,29,31,37)/t18-,22+,23-,24+,28+,45?/m0/s1. The number of carbonyl (C=O) groups is 1. The van der Waals surface area contributed by atoms with Crippen LogP contribution in [0, 0.1) is 0 Å². The third kappa shape index (κ3) is 7.35. The summed E-state index contributed by atoms with van der Waals surface area (Å²) in [6.45, 7) is 3.95. The van der Waals surface area contributed by atoms with Gasteiger partial charge in [0.2, 0.25) is 5.72 Å². The highest BCUT2D eigenvalue weighted by Gasteiger charge is 2.64. The summed E-state index contributed by atoms with van der Waals surface area (Å²) >= 11 is 0. The number of hydrogen-bond acceptors (Lipinski definition) is 12. The molecule has 0 bridgehead atoms. The molecular formula is C28H32N7O9P. The van der Waals surface area contributed by atoms with Crippen molar-refractivity contribution in [2.75, 3.05) is 12.3 Å². The minimum Gasteiger partial charge on any atom is -0.460 e. The first-order chi connectivity index (χ1) is 21.4. The van der Waals surface area contributed by atoms with Gasteiger partial charge in [-0.25, -0.2) is 9.36 Å². The number of aromatic nitrogens is 2. The molecule has 45 heavy (non-hydrogen) atoms. The van der Waals surface area contributed by atoms with Gasteiger partial charge in [-0.05, 0) is 50.1 Å². The van der Waals surface area contributed by atoms with E-state index in [0.29, 0.717) is 0 Å². The van der Waals surface area contributed by atoms with Crippen molar-refractivity contribution in [3.8, 4) is 5.75 Å². The molecule has 0 aliphatic carbocycles. The fourth-order valence-corrected chi connectivity index (χ4v) is 6.37. The molecule has 238 valence electrons. The van der Waals surface area contributed by atoms with Crippen LogP contribution in [0.2, 0.25) is 0 Å². The maximum atomic E-state index is 14.2. The van der Waals surface area contributed by atoms with Gasteiger partial charge in [0.15, 0.2) is 12.0 Å². The van der Waals surface area contributed by atoms with Crippen LogP contribution in [0.4, 0.5) is 5.82 Å². The first-order valence-electron chi connectivity index (χ1n) is 13.8. The molecule has 1 unspecified atom stereocenters. The number of nitrogen functional groups attached to an aromatic ring is 1. The fourth-order valence-electron chi connectivity index (χ4n) is 4.86. The zero-order chi connectivity index (χ0) is 32.2. The third-order valence-corrected chi connectivity index (χ3v) is 8.48. The number of ether oxygens (including phenoxy) is 4. The minimum absolute atomic E-state index is 0.0127. The summed E-state index contributed by atoms with van der Waals surface area (Å²) in [4.78, 5) is 32.3. The molecule has 5 rings (SSSR count). The quantitative estimate of drug-likeness (QED) is 0.0950. The van der Waals surface area contributed by atoms with E-state index in [-0.39, 0.29) is 18.2 Å².